The number of carbonyl (C=O) groups excluding carboxylic acids is 2. The zero-order chi connectivity index (χ0) is 17.4. The van der Waals surface area contributed by atoms with Gasteiger partial charge in [-0.05, 0) is 23.6 Å². The lowest BCUT2D eigenvalue weighted by atomic mass is 10.0. The van der Waals surface area contributed by atoms with Gasteiger partial charge in [-0.3, -0.25) is 14.5 Å². The van der Waals surface area contributed by atoms with Gasteiger partial charge in [-0.15, -0.1) is 0 Å². The Bertz CT molecular complexity index is 537. The summed E-state index contributed by atoms with van der Waals surface area (Å²) >= 11 is 0. The second kappa shape index (κ2) is 9.39. The van der Waals surface area contributed by atoms with E-state index in [2.05, 4.69) is 29.4 Å². The molecule has 0 atom stereocenters. The van der Waals surface area contributed by atoms with Crippen LogP contribution in [0.3, 0.4) is 0 Å². The van der Waals surface area contributed by atoms with E-state index in [9.17, 15) is 9.59 Å². The molecule has 24 heavy (non-hydrogen) atoms. The number of benzene rings is 1. The number of carbonyl (C=O) groups is 2. The van der Waals surface area contributed by atoms with Crippen molar-refractivity contribution in [1.29, 1.82) is 0 Å². The number of amides is 2. The molecular formula is C18H27N3O3. The number of hydrogen-bond acceptors (Lipinski definition) is 4. The van der Waals surface area contributed by atoms with Crippen LogP contribution in [-0.2, 0) is 14.3 Å². The van der Waals surface area contributed by atoms with Gasteiger partial charge >= 0.3 is 0 Å². The van der Waals surface area contributed by atoms with Gasteiger partial charge in [0.15, 0.2) is 0 Å². The average molecular weight is 333 g/mol. The first-order valence-electron chi connectivity index (χ1n) is 8.51. The summed E-state index contributed by atoms with van der Waals surface area (Å²) < 4.78 is 5.27. The van der Waals surface area contributed by atoms with Crippen molar-refractivity contribution in [2.75, 3.05) is 44.7 Å². The maximum atomic E-state index is 11.9. The third-order valence-corrected chi connectivity index (χ3v) is 4.04. The van der Waals surface area contributed by atoms with Gasteiger partial charge in [0.1, 0.15) is 6.42 Å². The fourth-order valence-corrected chi connectivity index (χ4v) is 2.54. The molecule has 1 aliphatic heterocycles. The van der Waals surface area contributed by atoms with Crippen molar-refractivity contribution in [3.05, 3.63) is 29.8 Å². The Balaban J connectivity index is 1.66. The van der Waals surface area contributed by atoms with Crippen molar-refractivity contribution < 1.29 is 14.3 Å². The van der Waals surface area contributed by atoms with Crippen LogP contribution in [0.4, 0.5) is 5.69 Å². The number of hydrogen-bond donors (Lipinski definition) is 2. The summed E-state index contributed by atoms with van der Waals surface area (Å²) in [4.78, 5) is 26.0. The molecule has 2 rings (SSSR count). The Hall–Kier alpha value is -1.92. The Morgan fingerprint density at radius 1 is 1.12 bits per heavy atom. The highest BCUT2D eigenvalue weighted by Gasteiger charge is 2.12. The Morgan fingerprint density at radius 3 is 2.42 bits per heavy atom. The van der Waals surface area contributed by atoms with Crippen molar-refractivity contribution in [2.45, 2.75) is 26.2 Å². The molecule has 1 saturated heterocycles. The normalized spacial score (nSPS) is 15.3. The third-order valence-electron chi connectivity index (χ3n) is 4.04. The highest BCUT2D eigenvalue weighted by Crippen LogP contribution is 2.17. The van der Waals surface area contributed by atoms with Gasteiger partial charge in [0.05, 0.1) is 13.2 Å². The molecule has 0 unspecified atom stereocenters. The van der Waals surface area contributed by atoms with E-state index in [1.807, 2.05) is 24.3 Å². The van der Waals surface area contributed by atoms with Crippen LogP contribution in [0, 0.1) is 0 Å². The monoisotopic (exact) mass is 333 g/mol. The lowest BCUT2D eigenvalue weighted by molar-refractivity contribution is -0.126. The average Bonchev–Trinajstić information content (AvgIpc) is 2.56. The molecule has 6 heteroatoms. The molecule has 132 valence electrons. The van der Waals surface area contributed by atoms with Crippen molar-refractivity contribution in [3.63, 3.8) is 0 Å². The summed E-state index contributed by atoms with van der Waals surface area (Å²) in [6.45, 7) is 8.84. The van der Waals surface area contributed by atoms with Crippen molar-refractivity contribution >= 4 is 17.5 Å². The smallest absolute Gasteiger partial charge is 0.233 e. The molecule has 2 N–H and O–H groups in total. The SMILES string of the molecule is CC(C)c1ccc(NC(=O)CC(=O)NCCN2CCOCC2)cc1. The van der Waals surface area contributed by atoms with Crippen molar-refractivity contribution in [2.24, 2.45) is 0 Å². The van der Waals surface area contributed by atoms with E-state index >= 15 is 0 Å². The van der Waals surface area contributed by atoms with E-state index in [1.165, 1.54) is 5.56 Å². The van der Waals surface area contributed by atoms with Crippen LogP contribution >= 0.6 is 0 Å². The molecule has 0 radical (unpaired) electrons. The molecule has 1 aromatic rings. The van der Waals surface area contributed by atoms with E-state index < -0.39 is 0 Å². The second-order valence-corrected chi connectivity index (χ2v) is 6.31. The van der Waals surface area contributed by atoms with Crippen LogP contribution in [0.2, 0.25) is 0 Å². The maximum Gasteiger partial charge on any atom is 0.233 e. The maximum absolute atomic E-state index is 11.9. The van der Waals surface area contributed by atoms with Crippen molar-refractivity contribution in [1.82, 2.24) is 10.2 Å². The summed E-state index contributed by atoms with van der Waals surface area (Å²) in [6, 6.07) is 7.71. The molecule has 1 heterocycles. The fourth-order valence-electron chi connectivity index (χ4n) is 2.54. The lowest BCUT2D eigenvalue weighted by Crippen LogP contribution is -2.41. The lowest BCUT2D eigenvalue weighted by Gasteiger charge is -2.26. The van der Waals surface area contributed by atoms with E-state index in [4.69, 9.17) is 4.74 Å². The first-order chi connectivity index (χ1) is 11.5. The van der Waals surface area contributed by atoms with Crippen LogP contribution < -0.4 is 10.6 Å². The van der Waals surface area contributed by atoms with E-state index in [0.29, 0.717) is 18.2 Å². The van der Waals surface area contributed by atoms with Gasteiger partial charge < -0.3 is 15.4 Å². The highest BCUT2D eigenvalue weighted by atomic mass is 16.5. The van der Waals surface area contributed by atoms with Gasteiger partial charge in [-0.1, -0.05) is 26.0 Å². The van der Waals surface area contributed by atoms with Crippen molar-refractivity contribution in [3.8, 4) is 0 Å². The van der Waals surface area contributed by atoms with E-state index in [1.54, 1.807) is 0 Å². The molecule has 1 fully saturated rings. The predicted molar refractivity (Wildman–Crippen MR) is 94.0 cm³/mol. The highest BCUT2D eigenvalue weighted by molar-refractivity contribution is 6.03. The van der Waals surface area contributed by atoms with E-state index in [0.717, 1.165) is 32.8 Å². The molecule has 1 aromatic carbocycles. The number of morpholine rings is 1. The van der Waals surface area contributed by atoms with Crippen LogP contribution in [0.5, 0.6) is 0 Å². The fraction of sp³-hybridized carbons (Fsp3) is 0.556. The second-order valence-electron chi connectivity index (χ2n) is 6.31. The van der Waals surface area contributed by atoms with Crippen LogP contribution in [0.1, 0.15) is 31.7 Å². The summed E-state index contributed by atoms with van der Waals surface area (Å²) in [6.07, 6.45) is -0.158. The molecule has 0 bridgehead atoms. The minimum atomic E-state index is -0.295. The van der Waals surface area contributed by atoms with Crippen LogP contribution in [0.25, 0.3) is 0 Å². The topological polar surface area (TPSA) is 70.7 Å². The summed E-state index contributed by atoms with van der Waals surface area (Å²) in [7, 11) is 0. The van der Waals surface area contributed by atoms with Gasteiger partial charge in [0.2, 0.25) is 11.8 Å². The minimum absolute atomic E-state index is 0.158. The zero-order valence-corrected chi connectivity index (χ0v) is 14.5. The first kappa shape index (κ1) is 18.4. The third kappa shape index (κ3) is 6.29. The van der Waals surface area contributed by atoms with Gasteiger partial charge in [-0.2, -0.15) is 0 Å². The molecule has 2 amide bonds. The molecule has 6 nitrogen and oxygen atoms in total. The molecule has 0 spiro atoms. The number of nitrogens with one attached hydrogen (secondary N) is 2. The first-order valence-corrected chi connectivity index (χ1v) is 8.51. The zero-order valence-electron chi connectivity index (χ0n) is 14.5. The van der Waals surface area contributed by atoms with Gasteiger partial charge in [0.25, 0.3) is 0 Å². The molecular weight excluding hydrogens is 306 g/mol. The summed E-state index contributed by atoms with van der Waals surface area (Å²) in [5.41, 5.74) is 1.93. The largest absolute Gasteiger partial charge is 0.379 e. The summed E-state index contributed by atoms with van der Waals surface area (Å²) in [5.74, 6) is -0.0947. The minimum Gasteiger partial charge on any atom is -0.379 e. The standard InChI is InChI=1S/C18H27N3O3/c1-14(2)15-3-5-16(6-4-15)20-18(23)13-17(22)19-7-8-21-9-11-24-12-10-21/h3-6,14H,7-13H2,1-2H3,(H,19,22)(H,20,23). The molecule has 1 aliphatic rings. The Morgan fingerprint density at radius 2 is 1.79 bits per heavy atom. The Labute approximate surface area is 143 Å². The van der Waals surface area contributed by atoms with E-state index in [-0.39, 0.29) is 18.2 Å². The predicted octanol–water partition coefficient (Wildman–Crippen LogP) is 1.59. The number of anilines is 1. The quantitative estimate of drug-likeness (QED) is 0.744. The number of rotatable bonds is 7. The number of ether oxygens (including phenoxy) is 1. The molecule has 0 aliphatic carbocycles. The molecule has 0 saturated carbocycles. The van der Waals surface area contributed by atoms with Gasteiger partial charge in [-0.25, -0.2) is 0 Å². The summed E-state index contributed by atoms with van der Waals surface area (Å²) in [5, 5.41) is 5.54. The van der Waals surface area contributed by atoms with Crippen LogP contribution in [-0.4, -0.2) is 56.1 Å². The number of nitrogens with zero attached hydrogens (tertiary/aromatic N) is 1. The van der Waals surface area contributed by atoms with Gasteiger partial charge in [0, 0.05) is 31.9 Å². The molecule has 0 aromatic heterocycles. The van der Waals surface area contributed by atoms with Crippen LogP contribution in [0.15, 0.2) is 24.3 Å². The Kier molecular flexibility index (Phi) is 7.21.